The first kappa shape index (κ1) is 13.1. The lowest BCUT2D eigenvalue weighted by molar-refractivity contribution is 0.403. The predicted molar refractivity (Wildman–Crippen MR) is 77.7 cm³/mol. The SMILES string of the molecule is Cc1ccc(-c2oc3cc(O)c(O)cc3c(=O)c2O)cc1. The van der Waals surface area contributed by atoms with Gasteiger partial charge in [-0.15, -0.1) is 0 Å². The second-order valence-corrected chi connectivity index (χ2v) is 4.81. The molecule has 0 aliphatic rings. The molecule has 1 aromatic heterocycles. The van der Waals surface area contributed by atoms with E-state index in [2.05, 4.69) is 0 Å². The smallest absolute Gasteiger partial charge is 0.235 e. The van der Waals surface area contributed by atoms with Gasteiger partial charge in [0.15, 0.2) is 17.3 Å². The van der Waals surface area contributed by atoms with Gasteiger partial charge in [0.25, 0.3) is 0 Å². The molecule has 0 aliphatic heterocycles. The van der Waals surface area contributed by atoms with Crippen molar-refractivity contribution >= 4 is 11.0 Å². The number of aryl methyl sites for hydroxylation is 1. The maximum absolute atomic E-state index is 12.2. The van der Waals surface area contributed by atoms with Gasteiger partial charge in [0.05, 0.1) is 5.39 Å². The standard InChI is InChI=1S/C16H12O5/c1-8-2-4-9(5-3-8)16-15(20)14(19)10-6-11(17)12(18)7-13(10)21-16/h2-7,17-18,20H,1H3. The number of aromatic hydroxyl groups is 3. The first-order valence-corrected chi connectivity index (χ1v) is 6.26. The van der Waals surface area contributed by atoms with Crippen LogP contribution < -0.4 is 5.43 Å². The normalized spacial score (nSPS) is 10.9. The zero-order chi connectivity index (χ0) is 15.1. The number of rotatable bonds is 1. The van der Waals surface area contributed by atoms with Crippen LogP contribution in [0.2, 0.25) is 0 Å². The maximum Gasteiger partial charge on any atom is 0.235 e. The van der Waals surface area contributed by atoms with Crippen molar-refractivity contribution < 1.29 is 19.7 Å². The molecule has 0 unspecified atom stereocenters. The number of phenolic OH excluding ortho intramolecular Hbond substituents is 2. The summed E-state index contributed by atoms with van der Waals surface area (Å²) in [6.45, 7) is 1.92. The van der Waals surface area contributed by atoms with Crippen molar-refractivity contribution in [2.75, 3.05) is 0 Å². The summed E-state index contributed by atoms with van der Waals surface area (Å²) in [5.74, 6) is -1.35. The number of hydrogen-bond donors (Lipinski definition) is 3. The van der Waals surface area contributed by atoms with E-state index < -0.39 is 22.7 Å². The molecule has 0 fully saturated rings. The maximum atomic E-state index is 12.2. The lowest BCUT2D eigenvalue weighted by Crippen LogP contribution is -2.02. The summed E-state index contributed by atoms with van der Waals surface area (Å²) in [6.07, 6.45) is 0. The van der Waals surface area contributed by atoms with Crippen LogP contribution in [0.25, 0.3) is 22.3 Å². The molecule has 3 rings (SSSR count). The monoisotopic (exact) mass is 284 g/mol. The van der Waals surface area contributed by atoms with Gasteiger partial charge in [0, 0.05) is 11.6 Å². The van der Waals surface area contributed by atoms with Gasteiger partial charge in [-0.05, 0) is 13.0 Å². The molecule has 5 heteroatoms. The van der Waals surface area contributed by atoms with Crippen LogP contribution in [0.3, 0.4) is 0 Å². The highest BCUT2D eigenvalue weighted by Gasteiger charge is 2.17. The van der Waals surface area contributed by atoms with Crippen LogP contribution in [-0.2, 0) is 0 Å². The molecule has 0 radical (unpaired) electrons. The molecule has 5 nitrogen and oxygen atoms in total. The van der Waals surface area contributed by atoms with E-state index in [1.807, 2.05) is 19.1 Å². The van der Waals surface area contributed by atoms with Gasteiger partial charge < -0.3 is 19.7 Å². The molecular weight excluding hydrogens is 272 g/mol. The van der Waals surface area contributed by atoms with Gasteiger partial charge in [-0.25, -0.2) is 0 Å². The third kappa shape index (κ3) is 2.08. The van der Waals surface area contributed by atoms with Gasteiger partial charge in [0.2, 0.25) is 11.2 Å². The molecule has 0 spiro atoms. The highest BCUT2D eigenvalue weighted by atomic mass is 16.4. The molecule has 0 atom stereocenters. The molecule has 0 aliphatic carbocycles. The summed E-state index contributed by atoms with van der Waals surface area (Å²) in [7, 11) is 0. The zero-order valence-corrected chi connectivity index (χ0v) is 11.1. The number of hydrogen-bond acceptors (Lipinski definition) is 5. The lowest BCUT2D eigenvalue weighted by Gasteiger charge is -2.07. The number of fused-ring (bicyclic) bond motifs is 1. The van der Waals surface area contributed by atoms with Crippen LogP contribution in [0.4, 0.5) is 0 Å². The van der Waals surface area contributed by atoms with Gasteiger partial charge in [-0.2, -0.15) is 0 Å². The zero-order valence-electron chi connectivity index (χ0n) is 11.1. The molecule has 0 bridgehead atoms. The van der Waals surface area contributed by atoms with Crippen LogP contribution in [0, 0.1) is 6.92 Å². The van der Waals surface area contributed by atoms with Gasteiger partial charge in [-0.1, -0.05) is 29.8 Å². The minimum atomic E-state index is -0.665. The number of benzene rings is 2. The van der Waals surface area contributed by atoms with Crippen molar-refractivity contribution in [3.63, 3.8) is 0 Å². The van der Waals surface area contributed by atoms with Crippen molar-refractivity contribution in [3.8, 4) is 28.6 Å². The van der Waals surface area contributed by atoms with E-state index in [0.29, 0.717) is 5.56 Å². The van der Waals surface area contributed by atoms with Crippen molar-refractivity contribution in [3.05, 3.63) is 52.2 Å². The Hall–Kier alpha value is -2.95. The van der Waals surface area contributed by atoms with E-state index in [1.165, 1.54) is 0 Å². The summed E-state index contributed by atoms with van der Waals surface area (Å²) in [6, 6.07) is 9.30. The van der Waals surface area contributed by atoms with Crippen molar-refractivity contribution in [2.24, 2.45) is 0 Å². The van der Waals surface area contributed by atoms with Crippen molar-refractivity contribution in [2.45, 2.75) is 6.92 Å². The second kappa shape index (κ2) is 4.56. The summed E-state index contributed by atoms with van der Waals surface area (Å²) in [4.78, 5) is 12.2. The second-order valence-electron chi connectivity index (χ2n) is 4.81. The molecule has 0 saturated heterocycles. The van der Waals surface area contributed by atoms with Crippen LogP contribution in [0.1, 0.15) is 5.56 Å². The van der Waals surface area contributed by atoms with Crippen LogP contribution in [0.15, 0.2) is 45.6 Å². The Balaban J connectivity index is 2.34. The van der Waals surface area contributed by atoms with E-state index in [-0.39, 0.29) is 16.7 Å². The molecule has 3 N–H and O–H groups in total. The quantitative estimate of drug-likeness (QED) is 0.598. The largest absolute Gasteiger partial charge is 0.504 e. The Labute approximate surface area is 119 Å². The minimum absolute atomic E-state index is 0.00124. The summed E-state index contributed by atoms with van der Waals surface area (Å²) >= 11 is 0. The molecule has 106 valence electrons. The molecule has 21 heavy (non-hydrogen) atoms. The minimum Gasteiger partial charge on any atom is -0.504 e. The van der Waals surface area contributed by atoms with E-state index in [9.17, 15) is 20.1 Å². The Bertz CT molecular complexity index is 891. The summed E-state index contributed by atoms with van der Waals surface area (Å²) in [5.41, 5.74) is 0.999. The summed E-state index contributed by atoms with van der Waals surface area (Å²) < 4.78 is 5.51. The van der Waals surface area contributed by atoms with Crippen LogP contribution >= 0.6 is 0 Å². The van der Waals surface area contributed by atoms with Crippen molar-refractivity contribution in [1.82, 2.24) is 0 Å². The van der Waals surface area contributed by atoms with Gasteiger partial charge in [-0.3, -0.25) is 4.79 Å². The first-order chi connectivity index (χ1) is 9.97. The Kier molecular flexibility index (Phi) is 2.83. The molecule has 1 heterocycles. The third-order valence-corrected chi connectivity index (χ3v) is 3.28. The topological polar surface area (TPSA) is 90.9 Å². The average Bonchev–Trinajstić information content (AvgIpc) is 2.46. The third-order valence-electron chi connectivity index (χ3n) is 3.28. The van der Waals surface area contributed by atoms with E-state index in [4.69, 9.17) is 4.42 Å². The first-order valence-electron chi connectivity index (χ1n) is 6.26. The fourth-order valence-corrected chi connectivity index (χ4v) is 2.11. The van der Waals surface area contributed by atoms with Crippen LogP contribution in [0.5, 0.6) is 17.2 Å². The number of phenols is 2. The van der Waals surface area contributed by atoms with Crippen molar-refractivity contribution in [1.29, 1.82) is 0 Å². The predicted octanol–water partition coefficient (Wildman–Crippen LogP) is 2.89. The van der Waals surface area contributed by atoms with E-state index in [0.717, 1.165) is 17.7 Å². The van der Waals surface area contributed by atoms with Gasteiger partial charge in [0.1, 0.15) is 5.58 Å². The van der Waals surface area contributed by atoms with E-state index in [1.54, 1.807) is 12.1 Å². The van der Waals surface area contributed by atoms with Gasteiger partial charge >= 0.3 is 0 Å². The lowest BCUT2D eigenvalue weighted by atomic mass is 10.1. The molecule has 0 amide bonds. The average molecular weight is 284 g/mol. The Morgan fingerprint density at radius 2 is 1.57 bits per heavy atom. The molecular formula is C16H12O5. The fourth-order valence-electron chi connectivity index (χ4n) is 2.11. The highest BCUT2D eigenvalue weighted by molar-refractivity contribution is 5.84. The fraction of sp³-hybridized carbons (Fsp3) is 0.0625. The van der Waals surface area contributed by atoms with Crippen LogP contribution in [-0.4, -0.2) is 15.3 Å². The Morgan fingerprint density at radius 3 is 2.24 bits per heavy atom. The highest BCUT2D eigenvalue weighted by Crippen LogP contribution is 2.34. The molecule has 2 aromatic carbocycles. The molecule has 3 aromatic rings. The molecule has 0 saturated carbocycles. The Morgan fingerprint density at radius 1 is 0.952 bits per heavy atom. The summed E-state index contributed by atoms with van der Waals surface area (Å²) in [5, 5.41) is 29.0. The van der Waals surface area contributed by atoms with E-state index >= 15 is 0 Å².